The molecule has 0 aromatic heterocycles. The molecular weight excluding hydrogens is 208 g/mol. The summed E-state index contributed by atoms with van der Waals surface area (Å²) < 4.78 is 0. The predicted octanol–water partition coefficient (Wildman–Crippen LogP) is 2.94. The maximum absolute atomic E-state index is 6.27. The lowest BCUT2D eigenvalue weighted by Crippen LogP contribution is -2.46. The third kappa shape index (κ3) is 5.33. The Morgan fingerprint density at radius 1 is 1.35 bits per heavy atom. The maximum atomic E-state index is 6.27. The van der Waals surface area contributed by atoms with Gasteiger partial charge >= 0.3 is 0 Å². The molecule has 0 radical (unpaired) electrons. The lowest BCUT2D eigenvalue weighted by atomic mass is 9.97. The molecule has 0 saturated heterocycles. The number of hydrogen-bond donors (Lipinski definition) is 1. The van der Waals surface area contributed by atoms with Gasteiger partial charge in [-0.3, -0.25) is 0 Å². The van der Waals surface area contributed by atoms with Gasteiger partial charge in [-0.15, -0.1) is 0 Å². The highest BCUT2D eigenvalue weighted by molar-refractivity contribution is 5.22. The van der Waals surface area contributed by atoms with Crippen LogP contribution in [0.5, 0.6) is 0 Å². The molecule has 0 aliphatic carbocycles. The Labute approximate surface area is 106 Å². The average Bonchev–Trinajstić information content (AvgIpc) is 2.15. The lowest BCUT2D eigenvalue weighted by molar-refractivity contribution is 0.241. The summed E-state index contributed by atoms with van der Waals surface area (Å²) in [4.78, 5) is 2.31. The van der Waals surface area contributed by atoms with Crippen LogP contribution in [0, 0.1) is 6.92 Å². The van der Waals surface area contributed by atoms with E-state index in [1.807, 2.05) is 0 Å². The number of aryl methyl sites for hydroxylation is 1. The molecule has 0 amide bonds. The van der Waals surface area contributed by atoms with Crippen molar-refractivity contribution in [3.05, 3.63) is 35.4 Å². The summed E-state index contributed by atoms with van der Waals surface area (Å²) >= 11 is 0. The molecule has 96 valence electrons. The molecule has 1 unspecified atom stereocenters. The first-order valence-corrected chi connectivity index (χ1v) is 6.46. The van der Waals surface area contributed by atoms with Crippen molar-refractivity contribution < 1.29 is 0 Å². The van der Waals surface area contributed by atoms with Crippen LogP contribution in [-0.2, 0) is 6.54 Å². The van der Waals surface area contributed by atoms with Crippen molar-refractivity contribution in [2.45, 2.75) is 45.7 Å². The zero-order chi connectivity index (χ0) is 12.9. The molecule has 1 rings (SSSR count). The van der Waals surface area contributed by atoms with Crippen molar-refractivity contribution in [3.63, 3.8) is 0 Å². The minimum atomic E-state index is -0.0761. The van der Waals surface area contributed by atoms with Gasteiger partial charge in [-0.2, -0.15) is 0 Å². The van der Waals surface area contributed by atoms with Crippen LogP contribution in [0.2, 0.25) is 0 Å². The molecule has 1 atom stereocenters. The number of rotatable bonds is 6. The summed E-state index contributed by atoms with van der Waals surface area (Å²) in [7, 11) is 2.14. The third-order valence-corrected chi connectivity index (χ3v) is 2.99. The maximum Gasteiger partial charge on any atom is 0.0254 e. The minimum absolute atomic E-state index is 0.0761. The van der Waals surface area contributed by atoms with E-state index in [-0.39, 0.29) is 5.54 Å². The molecule has 0 aliphatic heterocycles. The van der Waals surface area contributed by atoms with Gasteiger partial charge in [0.05, 0.1) is 0 Å². The summed E-state index contributed by atoms with van der Waals surface area (Å²) in [5.41, 5.74) is 8.87. The van der Waals surface area contributed by atoms with Crippen LogP contribution in [0.25, 0.3) is 0 Å². The van der Waals surface area contributed by atoms with Crippen LogP contribution in [0.4, 0.5) is 0 Å². The standard InChI is InChI=1S/C15H26N2/c1-5-9-15(3,16)12-17(4)11-14-8-6-7-13(2)10-14/h6-8,10H,5,9,11-12,16H2,1-4H3. The van der Waals surface area contributed by atoms with Gasteiger partial charge in [0, 0.05) is 18.6 Å². The van der Waals surface area contributed by atoms with Crippen LogP contribution in [-0.4, -0.2) is 24.0 Å². The molecule has 2 N–H and O–H groups in total. The van der Waals surface area contributed by atoms with Crippen molar-refractivity contribution in [1.29, 1.82) is 0 Å². The molecule has 1 aromatic rings. The predicted molar refractivity (Wildman–Crippen MR) is 75.0 cm³/mol. The Balaban J connectivity index is 2.52. The van der Waals surface area contributed by atoms with Gasteiger partial charge < -0.3 is 10.6 Å². The number of nitrogens with two attached hydrogens (primary N) is 1. The van der Waals surface area contributed by atoms with E-state index in [1.54, 1.807) is 0 Å². The molecule has 0 fully saturated rings. The molecule has 0 heterocycles. The topological polar surface area (TPSA) is 29.3 Å². The summed E-state index contributed by atoms with van der Waals surface area (Å²) in [5, 5.41) is 0. The first-order chi connectivity index (χ1) is 7.93. The van der Waals surface area contributed by atoms with Gasteiger partial charge in [0.2, 0.25) is 0 Å². The van der Waals surface area contributed by atoms with Crippen molar-refractivity contribution in [3.8, 4) is 0 Å². The Hall–Kier alpha value is -0.860. The zero-order valence-electron chi connectivity index (χ0n) is 11.7. The van der Waals surface area contributed by atoms with Crippen molar-refractivity contribution in [1.82, 2.24) is 4.90 Å². The molecule has 0 aliphatic rings. The quantitative estimate of drug-likeness (QED) is 0.820. The molecule has 1 aromatic carbocycles. The minimum Gasteiger partial charge on any atom is -0.324 e. The van der Waals surface area contributed by atoms with Gasteiger partial charge in [0.1, 0.15) is 0 Å². The van der Waals surface area contributed by atoms with E-state index in [0.29, 0.717) is 0 Å². The fraction of sp³-hybridized carbons (Fsp3) is 0.600. The largest absolute Gasteiger partial charge is 0.324 e. The van der Waals surface area contributed by atoms with Crippen LogP contribution in [0.15, 0.2) is 24.3 Å². The van der Waals surface area contributed by atoms with Gasteiger partial charge in [0.25, 0.3) is 0 Å². The van der Waals surface area contributed by atoms with E-state index in [9.17, 15) is 0 Å². The Morgan fingerprint density at radius 3 is 2.65 bits per heavy atom. The van der Waals surface area contributed by atoms with Crippen LogP contribution in [0.1, 0.15) is 37.8 Å². The van der Waals surface area contributed by atoms with Crippen LogP contribution < -0.4 is 5.73 Å². The molecule has 0 bridgehead atoms. The molecule has 2 heteroatoms. The first-order valence-electron chi connectivity index (χ1n) is 6.46. The number of hydrogen-bond acceptors (Lipinski definition) is 2. The third-order valence-electron chi connectivity index (χ3n) is 2.99. The average molecular weight is 234 g/mol. The van der Waals surface area contributed by atoms with Crippen LogP contribution >= 0.6 is 0 Å². The van der Waals surface area contributed by atoms with E-state index in [2.05, 4.69) is 57.0 Å². The molecule has 2 nitrogen and oxygen atoms in total. The SMILES string of the molecule is CCCC(C)(N)CN(C)Cc1cccc(C)c1. The highest BCUT2D eigenvalue weighted by Gasteiger charge is 2.19. The second-order valence-corrected chi connectivity index (χ2v) is 5.57. The summed E-state index contributed by atoms with van der Waals surface area (Å²) in [6, 6.07) is 8.67. The highest BCUT2D eigenvalue weighted by atomic mass is 15.1. The van der Waals surface area contributed by atoms with Crippen molar-refractivity contribution in [2.24, 2.45) is 5.73 Å². The van der Waals surface area contributed by atoms with E-state index >= 15 is 0 Å². The Bertz CT molecular complexity index is 345. The summed E-state index contributed by atoms with van der Waals surface area (Å²) in [5.74, 6) is 0. The molecule has 17 heavy (non-hydrogen) atoms. The summed E-state index contributed by atoms with van der Waals surface area (Å²) in [6.07, 6.45) is 2.22. The first kappa shape index (κ1) is 14.2. The monoisotopic (exact) mass is 234 g/mol. The summed E-state index contributed by atoms with van der Waals surface area (Å²) in [6.45, 7) is 8.37. The van der Waals surface area contributed by atoms with E-state index < -0.39 is 0 Å². The van der Waals surface area contributed by atoms with Crippen LogP contribution in [0.3, 0.4) is 0 Å². The second-order valence-electron chi connectivity index (χ2n) is 5.57. The van der Waals surface area contributed by atoms with Gasteiger partial charge in [0.15, 0.2) is 0 Å². The number of nitrogens with zero attached hydrogens (tertiary/aromatic N) is 1. The fourth-order valence-electron chi connectivity index (χ4n) is 2.44. The Kier molecular flexibility index (Phi) is 5.16. The van der Waals surface area contributed by atoms with E-state index in [1.165, 1.54) is 11.1 Å². The van der Waals surface area contributed by atoms with Crippen molar-refractivity contribution >= 4 is 0 Å². The fourth-order valence-corrected chi connectivity index (χ4v) is 2.44. The highest BCUT2D eigenvalue weighted by Crippen LogP contribution is 2.12. The molecule has 0 saturated carbocycles. The molecule has 0 spiro atoms. The Morgan fingerprint density at radius 2 is 2.06 bits per heavy atom. The zero-order valence-corrected chi connectivity index (χ0v) is 11.7. The normalized spacial score (nSPS) is 14.9. The van der Waals surface area contributed by atoms with E-state index in [0.717, 1.165) is 25.9 Å². The smallest absolute Gasteiger partial charge is 0.0254 e. The second kappa shape index (κ2) is 6.18. The van der Waals surface area contributed by atoms with Gasteiger partial charge in [-0.05, 0) is 32.9 Å². The van der Waals surface area contributed by atoms with Gasteiger partial charge in [-0.25, -0.2) is 0 Å². The van der Waals surface area contributed by atoms with E-state index in [4.69, 9.17) is 5.73 Å². The number of benzene rings is 1. The molecular formula is C15H26N2. The lowest BCUT2D eigenvalue weighted by Gasteiger charge is -2.30. The van der Waals surface area contributed by atoms with Gasteiger partial charge in [-0.1, -0.05) is 43.2 Å². The van der Waals surface area contributed by atoms with Crippen molar-refractivity contribution in [2.75, 3.05) is 13.6 Å². The number of likely N-dealkylation sites (N-methyl/N-ethyl adjacent to an activating group) is 1.